The van der Waals surface area contributed by atoms with Gasteiger partial charge < -0.3 is 10.1 Å². The summed E-state index contributed by atoms with van der Waals surface area (Å²) < 4.78 is 20.0. The molecule has 0 saturated carbocycles. The molecular formula is C21H14FN3O4S. The number of hydrogen-bond donors (Lipinski definition) is 1. The molecule has 0 aliphatic rings. The Labute approximate surface area is 173 Å². The van der Waals surface area contributed by atoms with E-state index in [2.05, 4.69) is 10.3 Å². The number of thiazole rings is 1. The minimum absolute atomic E-state index is 0.0303. The molecule has 0 fully saturated rings. The Morgan fingerprint density at radius 2 is 1.97 bits per heavy atom. The van der Waals surface area contributed by atoms with E-state index < -0.39 is 22.3 Å². The van der Waals surface area contributed by atoms with Crippen molar-refractivity contribution in [1.82, 2.24) is 4.98 Å². The molecule has 0 bridgehead atoms. The molecule has 0 radical (unpaired) electrons. The molecule has 4 aromatic rings. The van der Waals surface area contributed by atoms with E-state index in [1.807, 2.05) is 24.3 Å². The number of carbonyl (C=O) groups excluding carboxylic acids is 1. The molecule has 1 N–H and O–H groups in total. The standard InChI is InChI=1S/C21H14FN3O4S/c1-29-18-11-13(23-20(26)12-6-9-15(22)17(10-12)25(27)28)7-8-14(18)21-24-16-4-2-3-5-19(16)30-21/h2-11H,1H3,(H,23,26). The van der Waals surface area contributed by atoms with Crippen molar-refractivity contribution in [3.05, 3.63) is 82.2 Å². The zero-order valence-electron chi connectivity index (χ0n) is 15.6. The molecule has 150 valence electrons. The summed E-state index contributed by atoms with van der Waals surface area (Å²) in [5.41, 5.74) is 1.29. The van der Waals surface area contributed by atoms with E-state index in [1.54, 1.807) is 18.2 Å². The van der Waals surface area contributed by atoms with Gasteiger partial charge in [-0.2, -0.15) is 4.39 Å². The van der Waals surface area contributed by atoms with Gasteiger partial charge in [0.1, 0.15) is 10.8 Å². The van der Waals surface area contributed by atoms with E-state index in [-0.39, 0.29) is 5.56 Å². The molecule has 9 heteroatoms. The van der Waals surface area contributed by atoms with Crippen LogP contribution in [0.2, 0.25) is 0 Å². The summed E-state index contributed by atoms with van der Waals surface area (Å²) in [5, 5.41) is 14.3. The molecule has 0 aliphatic heterocycles. The smallest absolute Gasteiger partial charge is 0.305 e. The maximum Gasteiger partial charge on any atom is 0.305 e. The maximum atomic E-state index is 13.5. The van der Waals surface area contributed by atoms with Crippen molar-refractivity contribution < 1.29 is 18.8 Å². The summed E-state index contributed by atoms with van der Waals surface area (Å²) in [6.45, 7) is 0. The number of halogens is 1. The van der Waals surface area contributed by atoms with Gasteiger partial charge in [-0.1, -0.05) is 12.1 Å². The Morgan fingerprint density at radius 3 is 2.70 bits per heavy atom. The number of hydrogen-bond acceptors (Lipinski definition) is 6. The molecule has 30 heavy (non-hydrogen) atoms. The Hall–Kier alpha value is -3.85. The van der Waals surface area contributed by atoms with E-state index in [1.165, 1.54) is 24.5 Å². The highest BCUT2D eigenvalue weighted by Gasteiger charge is 2.18. The number of fused-ring (bicyclic) bond motifs is 1. The first-order valence-corrected chi connectivity index (χ1v) is 9.57. The van der Waals surface area contributed by atoms with Gasteiger partial charge in [-0.05, 0) is 36.4 Å². The monoisotopic (exact) mass is 423 g/mol. The summed E-state index contributed by atoms with van der Waals surface area (Å²) in [6, 6.07) is 15.8. The second-order valence-corrected chi connectivity index (χ2v) is 7.31. The van der Waals surface area contributed by atoms with Crippen LogP contribution in [-0.4, -0.2) is 22.9 Å². The number of nitro groups is 1. The number of para-hydroxylation sites is 1. The van der Waals surface area contributed by atoms with E-state index in [9.17, 15) is 19.3 Å². The predicted molar refractivity (Wildman–Crippen MR) is 113 cm³/mol. The first-order chi connectivity index (χ1) is 14.5. The van der Waals surface area contributed by atoms with Crippen molar-refractivity contribution in [1.29, 1.82) is 0 Å². The highest BCUT2D eigenvalue weighted by atomic mass is 32.1. The van der Waals surface area contributed by atoms with Crippen LogP contribution in [0.3, 0.4) is 0 Å². The number of nitrogens with one attached hydrogen (secondary N) is 1. The van der Waals surface area contributed by atoms with E-state index >= 15 is 0 Å². The fourth-order valence-corrected chi connectivity index (χ4v) is 3.93. The highest BCUT2D eigenvalue weighted by Crippen LogP contribution is 2.37. The molecule has 1 aromatic heterocycles. The lowest BCUT2D eigenvalue weighted by Crippen LogP contribution is -2.12. The van der Waals surface area contributed by atoms with Crippen molar-refractivity contribution in [2.24, 2.45) is 0 Å². The number of nitrogens with zero attached hydrogens (tertiary/aromatic N) is 2. The van der Waals surface area contributed by atoms with Gasteiger partial charge in [0.2, 0.25) is 5.82 Å². The molecule has 3 aromatic carbocycles. The molecule has 4 rings (SSSR count). The quantitative estimate of drug-likeness (QED) is 0.348. The van der Waals surface area contributed by atoms with Crippen LogP contribution in [-0.2, 0) is 0 Å². The number of aromatic nitrogens is 1. The van der Waals surface area contributed by atoms with Crippen molar-refractivity contribution in [3.8, 4) is 16.3 Å². The summed E-state index contributed by atoms with van der Waals surface area (Å²) in [7, 11) is 1.51. The average Bonchev–Trinajstić information content (AvgIpc) is 3.17. The van der Waals surface area contributed by atoms with Gasteiger partial charge in [0, 0.05) is 23.4 Å². The summed E-state index contributed by atoms with van der Waals surface area (Å²) in [5.74, 6) is -1.09. The van der Waals surface area contributed by atoms with E-state index in [0.717, 1.165) is 32.9 Å². The second-order valence-electron chi connectivity index (χ2n) is 6.28. The molecule has 1 amide bonds. The number of methoxy groups -OCH3 is 1. The van der Waals surface area contributed by atoms with Gasteiger partial charge in [0.15, 0.2) is 0 Å². The molecule has 0 spiro atoms. The van der Waals surface area contributed by atoms with Crippen molar-refractivity contribution in [2.45, 2.75) is 0 Å². The highest BCUT2D eigenvalue weighted by molar-refractivity contribution is 7.21. The Balaban J connectivity index is 1.62. The maximum absolute atomic E-state index is 13.5. The zero-order chi connectivity index (χ0) is 21.3. The number of ether oxygens (including phenoxy) is 1. The molecular weight excluding hydrogens is 409 g/mol. The van der Waals surface area contributed by atoms with Gasteiger partial charge >= 0.3 is 5.69 Å². The second kappa shape index (κ2) is 7.88. The fraction of sp³-hybridized carbons (Fsp3) is 0.0476. The Morgan fingerprint density at radius 1 is 1.17 bits per heavy atom. The van der Waals surface area contributed by atoms with Crippen LogP contribution < -0.4 is 10.1 Å². The number of benzene rings is 3. The first kappa shape index (κ1) is 19.5. The first-order valence-electron chi connectivity index (χ1n) is 8.75. The van der Waals surface area contributed by atoms with Gasteiger partial charge in [-0.15, -0.1) is 11.3 Å². The van der Waals surface area contributed by atoms with Gasteiger partial charge in [-0.25, -0.2) is 4.98 Å². The van der Waals surface area contributed by atoms with Crippen LogP contribution in [0, 0.1) is 15.9 Å². The Bertz CT molecular complexity index is 1260. The molecule has 0 saturated heterocycles. The summed E-state index contributed by atoms with van der Waals surface area (Å²) >= 11 is 1.52. The van der Waals surface area contributed by atoms with E-state index in [0.29, 0.717) is 11.4 Å². The number of amides is 1. The predicted octanol–water partition coefficient (Wildman–Crippen LogP) is 5.27. The normalized spacial score (nSPS) is 10.7. The topological polar surface area (TPSA) is 94.4 Å². The summed E-state index contributed by atoms with van der Waals surface area (Å²) in [6.07, 6.45) is 0. The van der Waals surface area contributed by atoms with Gasteiger partial charge in [0.05, 0.1) is 27.8 Å². The van der Waals surface area contributed by atoms with Crippen LogP contribution in [0.25, 0.3) is 20.8 Å². The molecule has 0 unspecified atom stereocenters. The van der Waals surface area contributed by atoms with Crippen LogP contribution in [0.4, 0.5) is 15.8 Å². The third kappa shape index (κ3) is 3.70. The number of rotatable bonds is 5. The summed E-state index contributed by atoms with van der Waals surface area (Å²) in [4.78, 5) is 27.1. The SMILES string of the molecule is COc1cc(NC(=O)c2ccc(F)c([N+](=O)[O-])c2)ccc1-c1nc2ccccc2s1. The lowest BCUT2D eigenvalue weighted by molar-refractivity contribution is -0.387. The lowest BCUT2D eigenvalue weighted by atomic mass is 10.1. The van der Waals surface area contributed by atoms with Gasteiger partial charge in [0.25, 0.3) is 5.91 Å². The Kier molecular flexibility index (Phi) is 5.11. The molecule has 7 nitrogen and oxygen atoms in total. The largest absolute Gasteiger partial charge is 0.496 e. The van der Waals surface area contributed by atoms with Crippen molar-refractivity contribution in [2.75, 3.05) is 12.4 Å². The minimum atomic E-state index is -1.00. The lowest BCUT2D eigenvalue weighted by Gasteiger charge is -2.10. The number of carbonyl (C=O) groups is 1. The van der Waals surface area contributed by atoms with Crippen LogP contribution in [0.5, 0.6) is 5.75 Å². The van der Waals surface area contributed by atoms with Gasteiger partial charge in [-0.3, -0.25) is 14.9 Å². The van der Waals surface area contributed by atoms with E-state index in [4.69, 9.17) is 4.74 Å². The third-order valence-corrected chi connectivity index (χ3v) is 5.46. The average molecular weight is 423 g/mol. The molecule has 1 heterocycles. The van der Waals surface area contributed by atoms with Crippen molar-refractivity contribution in [3.63, 3.8) is 0 Å². The molecule has 0 aliphatic carbocycles. The van der Waals surface area contributed by atoms with Crippen LogP contribution >= 0.6 is 11.3 Å². The number of nitro benzene ring substituents is 1. The zero-order valence-corrected chi connectivity index (χ0v) is 16.4. The van der Waals surface area contributed by atoms with Crippen LogP contribution in [0.15, 0.2) is 60.7 Å². The third-order valence-electron chi connectivity index (χ3n) is 4.39. The number of anilines is 1. The van der Waals surface area contributed by atoms with Crippen LogP contribution in [0.1, 0.15) is 10.4 Å². The minimum Gasteiger partial charge on any atom is -0.496 e. The van der Waals surface area contributed by atoms with Crippen molar-refractivity contribution >= 4 is 38.8 Å². The molecule has 0 atom stereocenters. The fourth-order valence-electron chi connectivity index (χ4n) is 2.93.